The van der Waals surface area contributed by atoms with E-state index in [1.807, 2.05) is 41.8 Å². The summed E-state index contributed by atoms with van der Waals surface area (Å²) < 4.78 is 5.27. The number of rotatable bonds is 4. The van der Waals surface area contributed by atoms with Gasteiger partial charge in [0.05, 0.1) is 0 Å². The Morgan fingerprint density at radius 2 is 1.79 bits per heavy atom. The molecule has 0 N–H and O–H groups in total. The largest absolute Gasteiger partial charge is 0.445 e. The third-order valence-electron chi connectivity index (χ3n) is 2.22. The average molecular weight is 202 g/mol. The summed E-state index contributed by atoms with van der Waals surface area (Å²) in [6.07, 6.45) is -0.324. The van der Waals surface area contributed by atoms with Crippen LogP contribution < -0.4 is 0 Å². The Labute approximate surface area is 86.8 Å². The van der Waals surface area contributed by atoms with Crippen molar-refractivity contribution in [1.82, 2.24) is 10.0 Å². The number of nitrogens with zero attached hydrogens (tertiary/aromatic N) is 2. The Kier molecular flexibility index (Phi) is 5.53. The molecule has 4 nitrogen and oxygen atoms in total. The lowest BCUT2D eigenvalue weighted by atomic mass is 10.1. The third-order valence-corrected chi connectivity index (χ3v) is 2.22. The molecule has 0 spiro atoms. The van der Waals surface area contributed by atoms with Crippen molar-refractivity contribution in [3.05, 3.63) is 0 Å². The summed E-state index contributed by atoms with van der Waals surface area (Å²) in [5.41, 5.74) is 0. The molecule has 0 saturated heterocycles. The first-order chi connectivity index (χ1) is 6.40. The third kappa shape index (κ3) is 3.96. The smallest absolute Gasteiger partial charge is 0.424 e. The van der Waals surface area contributed by atoms with E-state index in [-0.39, 0.29) is 12.2 Å². The van der Waals surface area contributed by atoms with E-state index in [9.17, 15) is 4.79 Å². The van der Waals surface area contributed by atoms with E-state index in [1.54, 1.807) is 10.0 Å². The zero-order valence-corrected chi connectivity index (χ0v) is 10.1. The summed E-state index contributed by atoms with van der Waals surface area (Å²) in [5.74, 6) is 0.347. The summed E-state index contributed by atoms with van der Waals surface area (Å²) in [6, 6.07) is 0. The van der Waals surface area contributed by atoms with E-state index in [4.69, 9.17) is 4.74 Å². The Morgan fingerprint density at radius 1 is 1.29 bits per heavy atom. The Morgan fingerprint density at radius 3 is 2.07 bits per heavy atom. The summed E-state index contributed by atoms with van der Waals surface area (Å²) in [6.45, 7) is 8.51. The number of carbonyl (C=O) groups excluding carboxylic acids is 1. The molecule has 0 heterocycles. The zero-order valence-electron chi connectivity index (χ0n) is 10.1. The quantitative estimate of drug-likeness (QED) is 0.653. The minimum absolute atomic E-state index is 0.0449. The molecule has 0 aliphatic rings. The van der Waals surface area contributed by atoms with Crippen molar-refractivity contribution in [2.24, 2.45) is 5.92 Å². The van der Waals surface area contributed by atoms with Crippen LogP contribution >= 0.6 is 0 Å². The second-order valence-corrected chi connectivity index (χ2v) is 3.90. The fourth-order valence-corrected chi connectivity index (χ4v) is 0.931. The maximum absolute atomic E-state index is 11.6. The molecule has 0 aliphatic carbocycles. The van der Waals surface area contributed by atoms with Gasteiger partial charge in [0.25, 0.3) is 0 Å². The molecule has 14 heavy (non-hydrogen) atoms. The van der Waals surface area contributed by atoms with E-state index in [0.717, 1.165) is 0 Å². The minimum atomic E-state index is -0.279. The molecular weight excluding hydrogens is 180 g/mol. The predicted octanol–water partition coefficient (Wildman–Crippen LogP) is 1.97. The predicted molar refractivity (Wildman–Crippen MR) is 56.8 cm³/mol. The van der Waals surface area contributed by atoms with Crippen LogP contribution in [0.5, 0.6) is 0 Å². The van der Waals surface area contributed by atoms with Crippen molar-refractivity contribution in [2.75, 3.05) is 20.6 Å². The normalized spacial score (nSPS) is 13.1. The van der Waals surface area contributed by atoms with E-state index in [1.165, 1.54) is 0 Å². The molecule has 1 unspecified atom stereocenters. The van der Waals surface area contributed by atoms with E-state index < -0.39 is 0 Å². The van der Waals surface area contributed by atoms with Gasteiger partial charge in [0.1, 0.15) is 6.10 Å². The van der Waals surface area contributed by atoms with Gasteiger partial charge >= 0.3 is 6.09 Å². The van der Waals surface area contributed by atoms with Crippen LogP contribution in [0.2, 0.25) is 0 Å². The Balaban J connectivity index is 4.18. The molecule has 1 atom stereocenters. The van der Waals surface area contributed by atoms with Gasteiger partial charge in [-0.15, -0.1) is 0 Å². The van der Waals surface area contributed by atoms with Crippen LogP contribution in [0.4, 0.5) is 4.79 Å². The number of hydrogen-bond donors (Lipinski definition) is 0. The van der Waals surface area contributed by atoms with Gasteiger partial charge in [0, 0.05) is 20.6 Å². The monoisotopic (exact) mass is 202 g/mol. The molecular formula is C10H22N2O2. The lowest BCUT2D eigenvalue weighted by molar-refractivity contribution is -0.00999. The maximum Gasteiger partial charge on any atom is 0.424 e. The van der Waals surface area contributed by atoms with Crippen molar-refractivity contribution in [2.45, 2.75) is 33.8 Å². The maximum atomic E-state index is 11.6. The molecule has 0 fully saturated rings. The van der Waals surface area contributed by atoms with Gasteiger partial charge in [-0.25, -0.2) is 14.8 Å². The van der Waals surface area contributed by atoms with Crippen LogP contribution in [0.15, 0.2) is 0 Å². The molecule has 0 aliphatic heterocycles. The van der Waals surface area contributed by atoms with E-state index in [0.29, 0.717) is 12.5 Å². The number of hydrazine groups is 1. The summed E-state index contributed by atoms with van der Waals surface area (Å²) >= 11 is 0. The van der Waals surface area contributed by atoms with Crippen LogP contribution in [0.25, 0.3) is 0 Å². The molecule has 4 heteroatoms. The van der Waals surface area contributed by atoms with Gasteiger partial charge < -0.3 is 4.74 Å². The highest BCUT2D eigenvalue weighted by Gasteiger charge is 2.19. The van der Waals surface area contributed by atoms with Crippen LogP contribution in [-0.2, 0) is 4.74 Å². The van der Waals surface area contributed by atoms with Crippen molar-refractivity contribution in [1.29, 1.82) is 0 Å². The van der Waals surface area contributed by atoms with Gasteiger partial charge in [-0.05, 0) is 19.8 Å². The number of ether oxygens (including phenoxy) is 1. The number of amides is 1. The molecule has 1 amide bonds. The lowest BCUT2D eigenvalue weighted by Crippen LogP contribution is -2.43. The first-order valence-electron chi connectivity index (χ1n) is 5.05. The highest BCUT2D eigenvalue weighted by Crippen LogP contribution is 2.08. The zero-order chi connectivity index (χ0) is 11.3. The summed E-state index contributed by atoms with van der Waals surface area (Å²) in [4.78, 5) is 11.6. The van der Waals surface area contributed by atoms with Gasteiger partial charge in [0.2, 0.25) is 0 Å². The highest BCUT2D eigenvalue weighted by atomic mass is 16.6. The molecule has 0 aromatic carbocycles. The Bertz CT molecular complexity index is 181. The highest BCUT2D eigenvalue weighted by molar-refractivity contribution is 5.67. The molecule has 84 valence electrons. The molecule has 0 bridgehead atoms. The van der Waals surface area contributed by atoms with Gasteiger partial charge in [0.15, 0.2) is 0 Å². The Hall–Kier alpha value is -0.770. The standard InChI is InChI=1S/C10H22N2O2/c1-7-12(11(5)6)10(13)14-9(4)8(2)3/h8-9H,7H2,1-6H3. The van der Waals surface area contributed by atoms with Crippen LogP contribution in [0, 0.1) is 5.92 Å². The molecule has 0 saturated carbocycles. The van der Waals surface area contributed by atoms with Crippen molar-refractivity contribution >= 4 is 6.09 Å². The number of carbonyl (C=O) groups is 1. The first-order valence-corrected chi connectivity index (χ1v) is 5.05. The molecule has 0 rings (SSSR count). The van der Waals surface area contributed by atoms with E-state index >= 15 is 0 Å². The van der Waals surface area contributed by atoms with E-state index in [2.05, 4.69) is 0 Å². The fraction of sp³-hybridized carbons (Fsp3) is 0.900. The number of hydrogen-bond acceptors (Lipinski definition) is 3. The van der Waals surface area contributed by atoms with Gasteiger partial charge in [-0.1, -0.05) is 13.8 Å². The minimum Gasteiger partial charge on any atom is -0.445 e. The summed E-state index contributed by atoms with van der Waals surface area (Å²) in [5, 5.41) is 3.29. The fourth-order valence-electron chi connectivity index (χ4n) is 0.931. The van der Waals surface area contributed by atoms with Gasteiger partial charge in [-0.2, -0.15) is 0 Å². The van der Waals surface area contributed by atoms with Crippen LogP contribution in [0.3, 0.4) is 0 Å². The molecule has 0 aromatic heterocycles. The topological polar surface area (TPSA) is 32.8 Å². The average Bonchev–Trinajstić information content (AvgIpc) is 2.04. The summed E-state index contributed by atoms with van der Waals surface area (Å²) in [7, 11) is 3.65. The second kappa shape index (κ2) is 5.86. The molecule has 0 radical (unpaired) electrons. The van der Waals surface area contributed by atoms with Crippen molar-refractivity contribution in [3.8, 4) is 0 Å². The lowest BCUT2D eigenvalue weighted by Gasteiger charge is -2.28. The van der Waals surface area contributed by atoms with Crippen LogP contribution in [0.1, 0.15) is 27.7 Å². The van der Waals surface area contributed by atoms with Crippen molar-refractivity contribution in [3.63, 3.8) is 0 Å². The van der Waals surface area contributed by atoms with Crippen molar-refractivity contribution < 1.29 is 9.53 Å². The second-order valence-electron chi connectivity index (χ2n) is 3.90. The van der Waals surface area contributed by atoms with Gasteiger partial charge in [-0.3, -0.25) is 0 Å². The SMILES string of the molecule is CCN(C(=O)OC(C)C(C)C)N(C)C. The molecule has 0 aromatic rings. The first kappa shape index (κ1) is 13.2. The van der Waals surface area contributed by atoms with Crippen LogP contribution in [-0.4, -0.2) is 42.9 Å².